The van der Waals surface area contributed by atoms with Crippen LogP contribution in [0.5, 0.6) is 0 Å². The Morgan fingerprint density at radius 3 is 2.48 bits per heavy atom. The summed E-state index contributed by atoms with van der Waals surface area (Å²) in [4.78, 5) is 12.3. The molecule has 1 N–H and O–H groups in total. The fraction of sp³-hybridized carbons (Fsp3) is 0.167. The molecule has 0 unspecified atom stereocenters. The summed E-state index contributed by atoms with van der Waals surface area (Å²) in [7, 11) is 1.59. The number of carbonyl (C=O) groups is 1. The number of aromatic nitrogens is 3. The number of hydrogen-bond donors (Lipinski definition) is 1. The van der Waals surface area contributed by atoms with E-state index in [0.717, 1.165) is 5.69 Å². The second-order valence-electron chi connectivity index (χ2n) is 5.44. The van der Waals surface area contributed by atoms with Gasteiger partial charge in [0.05, 0.1) is 21.5 Å². The highest BCUT2D eigenvalue weighted by atomic mass is 35.5. The van der Waals surface area contributed by atoms with Crippen molar-refractivity contribution in [3.05, 3.63) is 64.4 Å². The van der Waals surface area contributed by atoms with E-state index in [0.29, 0.717) is 33.3 Å². The fourth-order valence-corrected chi connectivity index (χ4v) is 3.64. The third-order valence-electron chi connectivity index (χ3n) is 3.55. The Morgan fingerprint density at radius 1 is 1.11 bits per heavy atom. The van der Waals surface area contributed by atoms with Crippen LogP contribution in [-0.2, 0) is 16.1 Å². The van der Waals surface area contributed by atoms with Crippen LogP contribution in [0.4, 0.5) is 5.69 Å². The average Bonchev–Trinajstić information content (AvgIpc) is 3.07. The average molecular weight is 423 g/mol. The lowest BCUT2D eigenvalue weighted by atomic mass is 10.3. The van der Waals surface area contributed by atoms with Crippen molar-refractivity contribution in [2.45, 2.75) is 11.8 Å². The zero-order valence-electron chi connectivity index (χ0n) is 14.4. The van der Waals surface area contributed by atoms with Crippen molar-refractivity contribution >= 4 is 46.6 Å². The van der Waals surface area contributed by atoms with Crippen LogP contribution in [0.1, 0.15) is 5.82 Å². The highest BCUT2D eigenvalue weighted by Gasteiger charge is 2.16. The Kier molecular flexibility index (Phi) is 6.73. The van der Waals surface area contributed by atoms with E-state index in [-0.39, 0.29) is 11.7 Å². The molecule has 0 atom stereocenters. The van der Waals surface area contributed by atoms with Crippen molar-refractivity contribution in [2.24, 2.45) is 0 Å². The van der Waals surface area contributed by atoms with Crippen molar-refractivity contribution in [1.29, 1.82) is 0 Å². The van der Waals surface area contributed by atoms with Crippen LogP contribution in [0.2, 0.25) is 10.0 Å². The molecule has 0 fully saturated rings. The molecule has 140 valence electrons. The highest BCUT2D eigenvalue weighted by molar-refractivity contribution is 7.99. The SMILES string of the molecule is COCc1nnc(SCC(=O)Nc2c(Cl)cccc2Cl)n1-c1ccccc1. The zero-order valence-corrected chi connectivity index (χ0v) is 16.7. The molecule has 0 radical (unpaired) electrons. The lowest BCUT2D eigenvalue weighted by molar-refractivity contribution is -0.113. The minimum absolute atomic E-state index is 0.125. The van der Waals surface area contributed by atoms with Gasteiger partial charge in [0.15, 0.2) is 11.0 Å². The summed E-state index contributed by atoms with van der Waals surface area (Å²) in [6.45, 7) is 0.309. The third-order valence-corrected chi connectivity index (χ3v) is 5.11. The number of ether oxygens (including phenoxy) is 1. The Balaban J connectivity index is 1.75. The zero-order chi connectivity index (χ0) is 19.2. The third kappa shape index (κ3) is 4.81. The quantitative estimate of drug-likeness (QED) is 0.569. The molecule has 0 saturated carbocycles. The predicted octanol–water partition coefficient (Wildman–Crippen LogP) is 4.45. The Bertz CT molecular complexity index is 914. The summed E-state index contributed by atoms with van der Waals surface area (Å²) in [5.41, 5.74) is 1.29. The number of hydrogen-bond acceptors (Lipinski definition) is 5. The molecule has 0 aliphatic carbocycles. The number of anilines is 1. The molecule has 1 amide bonds. The first-order chi connectivity index (χ1) is 13.1. The van der Waals surface area contributed by atoms with Crippen LogP contribution in [-0.4, -0.2) is 33.5 Å². The number of amides is 1. The first-order valence-electron chi connectivity index (χ1n) is 7.95. The van der Waals surface area contributed by atoms with E-state index in [2.05, 4.69) is 15.5 Å². The number of para-hydroxylation sites is 2. The molecule has 9 heteroatoms. The molecule has 0 bridgehead atoms. The van der Waals surface area contributed by atoms with E-state index < -0.39 is 0 Å². The Morgan fingerprint density at radius 2 is 1.81 bits per heavy atom. The minimum atomic E-state index is -0.245. The second kappa shape index (κ2) is 9.23. The van der Waals surface area contributed by atoms with Gasteiger partial charge in [0.25, 0.3) is 0 Å². The van der Waals surface area contributed by atoms with Crippen molar-refractivity contribution < 1.29 is 9.53 Å². The molecule has 0 saturated heterocycles. The van der Waals surface area contributed by atoms with Crippen LogP contribution in [0.3, 0.4) is 0 Å². The van der Waals surface area contributed by atoms with Gasteiger partial charge in [-0.1, -0.05) is 59.2 Å². The molecular weight excluding hydrogens is 407 g/mol. The van der Waals surface area contributed by atoms with Crippen molar-refractivity contribution in [1.82, 2.24) is 14.8 Å². The molecule has 27 heavy (non-hydrogen) atoms. The summed E-state index contributed by atoms with van der Waals surface area (Å²) in [5.74, 6) is 0.533. The van der Waals surface area contributed by atoms with Gasteiger partial charge in [-0.05, 0) is 24.3 Å². The molecule has 1 aromatic heterocycles. The highest BCUT2D eigenvalue weighted by Crippen LogP contribution is 2.30. The lowest BCUT2D eigenvalue weighted by Crippen LogP contribution is -2.15. The smallest absolute Gasteiger partial charge is 0.234 e. The van der Waals surface area contributed by atoms with E-state index in [1.165, 1.54) is 11.8 Å². The van der Waals surface area contributed by atoms with Crippen LogP contribution < -0.4 is 5.32 Å². The van der Waals surface area contributed by atoms with Gasteiger partial charge in [-0.2, -0.15) is 0 Å². The summed E-state index contributed by atoms with van der Waals surface area (Å²) in [6.07, 6.45) is 0. The van der Waals surface area contributed by atoms with Gasteiger partial charge in [0.1, 0.15) is 6.61 Å². The predicted molar refractivity (Wildman–Crippen MR) is 108 cm³/mol. The number of nitrogens with one attached hydrogen (secondary N) is 1. The number of thioether (sulfide) groups is 1. The fourth-order valence-electron chi connectivity index (χ4n) is 2.38. The number of nitrogens with zero attached hydrogens (tertiary/aromatic N) is 3. The normalized spacial score (nSPS) is 10.8. The van der Waals surface area contributed by atoms with Crippen molar-refractivity contribution in [3.63, 3.8) is 0 Å². The van der Waals surface area contributed by atoms with Crippen molar-refractivity contribution in [3.8, 4) is 5.69 Å². The van der Waals surface area contributed by atoms with Gasteiger partial charge in [-0.15, -0.1) is 10.2 Å². The molecule has 1 heterocycles. The number of methoxy groups -OCH3 is 1. The standard InChI is InChI=1S/C18H16Cl2N4O2S/c1-26-10-15-22-23-18(24(15)12-6-3-2-4-7-12)27-11-16(25)21-17-13(19)8-5-9-14(17)20/h2-9H,10-11H2,1H3,(H,21,25). The van der Waals surface area contributed by atoms with E-state index in [1.807, 2.05) is 34.9 Å². The number of benzene rings is 2. The van der Waals surface area contributed by atoms with E-state index in [4.69, 9.17) is 27.9 Å². The van der Waals surface area contributed by atoms with E-state index in [9.17, 15) is 4.79 Å². The number of halogens is 2. The van der Waals surface area contributed by atoms with E-state index >= 15 is 0 Å². The molecule has 3 aromatic rings. The largest absolute Gasteiger partial charge is 0.377 e. The topological polar surface area (TPSA) is 69.0 Å². The van der Waals surface area contributed by atoms with Crippen LogP contribution in [0, 0.1) is 0 Å². The van der Waals surface area contributed by atoms with E-state index in [1.54, 1.807) is 25.3 Å². The summed E-state index contributed by atoms with van der Waals surface area (Å²) < 4.78 is 7.06. The molecule has 3 rings (SSSR count). The van der Waals surface area contributed by atoms with Gasteiger partial charge >= 0.3 is 0 Å². The van der Waals surface area contributed by atoms with Crippen LogP contribution >= 0.6 is 35.0 Å². The first-order valence-corrected chi connectivity index (χ1v) is 9.69. The van der Waals surface area contributed by atoms with Gasteiger partial charge < -0.3 is 10.1 Å². The molecule has 2 aromatic carbocycles. The molecule has 0 aliphatic heterocycles. The molecule has 0 spiro atoms. The molecular formula is C18H16Cl2N4O2S. The summed E-state index contributed by atoms with van der Waals surface area (Å²) >= 11 is 13.4. The Labute approximate surface area is 170 Å². The van der Waals surface area contributed by atoms with Crippen LogP contribution in [0.15, 0.2) is 53.7 Å². The summed E-state index contributed by atoms with van der Waals surface area (Å²) in [5, 5.41) is 12.4. The monoisotopic (exact) mass is 422 g/mol. The second-order valence-corrected chi connectivity index (χ2v) is 7.19. The number of rotatable bonds is 7. The van der Waals surface area contributed by atoms with Gasteiger partial charge in [0.2, 0.25) is 5.91 Å². The minimum Gasteiger partial charge on any atom is -0.377 e. The van der Waals surface area contributed by atoms with Crippen LogP contribution in [0.25, 0.3) is 5.69 Å². The first kappa shape index (κ1) is 19.7. The maximum absolute atomic E-state index is 12.3. The maximum Gasteiger partial charge on any atom is 0.234 e. The summed E-state index contributed by atoms with van der Waals surface area (Å²) in [6, 6.07) is 14.7. The molecule has 0 aliphatic rings. The Hall–Kier alpha value is -2.06. The van der Waals surface area contributed by atoms with Gasteiger partial charge in [0, 0.05) is 12.8 Å². The van der Waals surface area contributed by atoms with Crippen molar-refractivity contribution in [2.75, 3.05) is 18.2 Å². The van der Waals surface area contributed by atoms with Gasteiger partial charge in [-0.25, -0.2) is 0 Å². The number of carbonyl (C=O) groups excluding carboxylic acids is 1. The van der Waals surface area contributed by atoms with Gasteiger partial charge in [-0.3, -0.25) is 9.36 Å². The molecule has 6 nitrogen and oxygen atoms in total. The lowest BCUT2D eigenvalue weighted by Gasteiger charge is -2.11. The maximum atomic E-state index is 12.3.